The number of hydrogen-bond donors (Lipinski definition) is 1. The first-order chi connectivity index (χ1) is 11.5. The van der Waals surface area contributed by atoms with E-state index < -0.39 is 0 Å². The van der Waals surface area contributed by atoms with E-state index in [2.05, 4.69) is 29.5 Å². The van der Waals surface area contributed by atoms with Crippen LogP contribution in [-0.4, -0.2) is 15.7 Å². The number of amides is 1. The molecule has 2 heterocycles. The second kappa shape index (κ2) is 6.35. The lowest BCUT2D eigenvalue weighted by Crippen LogP contribution is -2.13. The third kappa shape index (κ3) is 2.97. The summed E-state index contributed by atoms with van der Waals surface area (Å²) in [6.45, 7) is 8.41. The van der Waals surface area contributed by atoms with Crippen molar-refractivity contribution in [3.8, 4) is 0 Å². The molecule has 1 amide bonds. The lowest BCUT2D eigenvalue weighted by Gasteiger charge is -2.09. The molecule has 5 heteroatoms. The van der Waals surface area contributed by atoms with Crippen LogP contribution in [0, 0.1) is 27.7 Å². The minimum Gasteiger partial charge on any atom is -0.469 e. The Hall–Kier alpha value is -2.82. The highest BCUT2D eigenvalue weighted by Gasteiger charge is 2.17. The topological polar surface area (TPSA) is 60.1 Å². The van der Waals surface area contributed by atoms with Gasteiger partial charge in [-0.25, -0.2) is 0 Å². The highest BCUT2D eigenvalue weighted by atomic mass is 16.3. The Balaban J connectivity index is 1.86. The van der Waals surface area contributed by atoms with Gasteiger partial charge in [0.15, 0.2) is 0 Å². The van der Waals surface area contributed by atoms with Crippen LogP contribution in [0.3, 0.4) is 0 Å². The minimum absolute atomic E-state index is 0.178. The molecule has 5 nitrogen and oxygen atoms in total. The fourth-order valence-corrected chi connectivity index (χ4v) is 2.78. The lowest BCUT2D eigenvalue weighted by molar-refractivity contribution is 0.102. The lowest BCUT2D eigenvalue weighted by atomic mass is 10.1. The Morgan fingerprint density at radius 1 is 1.17 bits per heavy atom. The number of furan rings is 1. The number of carbonyl (C=O) groups excluding carboxylic acids is 1. The van der Waals surface area contributed by atoms with E-state index in [0.29, 0.717) is 17.9 Å². The van der Waals surface area contributed by atoms with Crippen molar-refractivity contribution in [1.29, 1.82) is 0 Å². The summed E-state index contributed by atoms with van der Waals surface area (Å²) in [7, 11) is 0. The van der Waals surface area contributed by atoms with Gasteiger partial charge in [-0.15, -0.1) is 0 Å². The molecule has 3 rings (SSSR count). The molecule has 124 valence electrons. The summed E-state index contributed by atoms with van der Waals surface area (Å²) in [5.41, 5.74) is 5.48. The van der Waals surface area contributed by atoms with E-state index in [9.17, 15) is 4.79 Å². The van der Waals surface area contributed by atoms with E-state index in [4.69, 9.17) is 4.42 Å². The van der Waals surface area contributed by atoms with Crippen LogP contribution in [0.15, 0.2) is 41.0 Å². The molecule has 0 saturated heterocycles. The van der Waals surface area contributed by atoms with Crippen molar-refractivity contribution in [3.63, 3.8) is 0 Å². The van der Waals surface area contributed by atoms with Gasteiger partial charge >= 0.3 is 0 Å². The van der Waals surface area contributed by atoms with Gasteiger partial charge in [-0.3, -0.25) is 9.48 Å². The summed E-state index contributed by atoms with van der Waals surface area (Å²) < 4.78 is 7.13. The quantitative estimate of drug-likeness (QED) is 0.789. The zero-order valence-electron chi connectivity index (χ0n) is 14.4. The molecule has 0 aliphatic heterocycles. The molecule has 1 N–H and O–H groups in total. The van der Waals surface area contributed by atoms with E-state index in [1.165, 1.54) is 17.4 Å². The predicted molar refractivity (Wildman–Crippen MR) is 93.4 cm³/mol. The smallest absolute Gasteiger partial charge is 0.259 e. The second-order valence-corrected chi connectivity index (χ2v) is 5.97. The van der Waals surface area contributed by atoms with Crippen molar-refractivity contribution in [1.82, 2.24) is 9.78 Å². The first-order valence-electron chi connectivity index (χ1n) is 7.91. The average Bonchev–Trinajstić information content (AvgIpc) is 3.08. The van der Waals surface area contributed by atoms with E-state index in [-0.39, 0.29) is 5.91 Å². The van der Waals surface area contributed by atoms with Gasteiger partial charge in [0.2, 0.25) is 0 Å². The van der Waals surface area contributed by atoms with Crippen LogP contribution in [0.1, 0.15) is 38.6 Å². The molecule has 0 atom stereocenters. The Labute approximate surface area is 141 Å². The van der Waals surface area contributed by atoms with E-state index >= 15 is 0 Å². The number of aromatic nitrogens is 2. The molecule has 0 unspecified atom stereocenters. The van der Waals surface area contributed by atoms with Gasteiger partial charge in [0, 0.05) is 0 Å². The fourth-order valence-electron chi connectivity index (χ4n) is 2.78. The zero-order valence-corrected chi connectivity index (χ0v) is 14.4. The summed E-state index contributed by atoms with van der Waals surface area (Å²) in [4.78, 5) is 12.4. The normalized spacial score (nSPS) is 10.8. The maximum atomic E-state index is 12.4. The first-order valence-corrected chi connectivity index (χ1v) is 7.91. The highest BCUT2D eigenvalue weighted by Crippen LogP contribution is 2.22. The van der Waals surface area contributed by atoms with Crippen LogP contribution in [0.4, 0.5) is 5.69 Å². The molecule has 0 aliphatic rings. The van der Waals surface area contributed by atoms with Crippen molar-refractivity contribution in [2.45, 2.75) is 34.2 Å². The molecule has 0 aliphatic carbocycles. The van der Waals surface area contributed by atoms with Crippen LogP contribution in [0.25, 0.3) is 0 Å². The second-order valence-electron chi connectivity index (χ2n) is 5.97. The molecular formula is C19H21N3O2. The molecule has 0 saturated carbocycles. The summed E-state index contributed by atoms with van der Waals surface area (Å²) in [6.07, 6.45) is 1.52. The zero-order chi connectivity index (χ0) is 17.3. The molecule has 1 aromatic carbocycles. The van der Waals surface area contributed by atoms with Crippen molar-refractivity contribution in [2.75, 3.05) is 5.32 Å². The number of carbonyl (C=O) groups is 1. The van der Waals surface area contributed by atoms with Crippen LogP contribution in [0.5, 0.6) is 0 Å². The number of rotatable bonds is 4. The number of hydrogen-bond acceptors (Lipinski definition) is 3. The van der Waals surface area contributed by atoms with Crippen LogP contribution in [-0.2, 0) is 6.54 Å². The van der Waals surface area contributed by atoms with Gasteiger partial charge in [0.1, 0.15) is 5.76 Å². The average molecular weight is 323 g/mol. The summed E-state index contributed by atoms with van der Waals surface area (Å²) in [5, 5.41) is 7.54. The van der Waals surface area contributed by atoms with E-state index in [1.54, 1.807) is 13.0 Å². The third-order valence-corrected chi connectivity index (χ3v) is 4.30. The van der Waals surface area contributed by atoms with Crippen molar-refractivity contribution in [2.24, 2.45) is 0 Å². The molecular weight excluding hydrogens is 302 g/mol. The SMILES string of the molecule is Cc1ccccc1Cn1nc(C)c(NC(=O)c2ccoc2C)c1C. The maximum Gasteiger partial charge on any atom is 0.259 e. The number of nitrogens with one attached hydrogen (secondary N) is 1. The van der Waals surface area contributed by atoms with Crippen LogP contribution < -0.4 is 5.32 Å². The van der Waals surface area contributed by atoms with Gasteiger partial charge in [0.05, 0.1) is 35.4 Å². The molecule has 0 spiro atoms. The number of aryl methyl sites for hydroxylation is 3. The number of benzene rings is 1. The van der Waals surface area contributed by atoms with Gasteiger partial charge in [-0.2, -0.15) is 5.10 Å². The van der Waals surface area contributed by atoms with Gasteiger partial charge in [0.25, 0.3) is 5.91 Å². The van der Waals surface area contributed by atoms with Crippen molar-refractivity contribution in [3.05, 3.63) is 70.4 Å². The first kappa shape index (κ1) is 16.1. The van der Waals surface area contributed by atoms with Gasteiger partial charge < -0.3 is 9.73 Å². The van der Waals surface area contributed by atoms with E-state index in [0.717, 1.165) is 17.1 Å². The Morgan fingerprint density at radius 2 is 1.92 bits per heavy atom. The molecule has 2 aromatic heterocycles. The number of nitrogens with zero attached hydrogens (tertiary/aromatic N) is 2. The maximum absolute atomic E-state index is 12.4. The molecule has 0 radical (unpaired) electrons. The monoisotopic (exact) mass is 323 g/mol. The van der Waals surface area contributed by atoms with Crippen LogP contribution >= 0.6 is 0 Å². The molecule has 0 fully saturated rings. The standard InChI is InChI=1S/C19H21N3O2/c1-12-7-5-6-8-16(12)11-22-14(3)18(13(2)21-22)20-19(23)17-9-10-24-15(17)4/h5-10H,11H2,1-4H3,(H,20,23). The Bertz CT molecular complexity index is 890. The Morgan fingerprint density at radius 3 is 2.58 bits per heavy atom. The largest absolute Gasteiger partial charge is 0.469 e. The molecule has 3 aromatic rings. The summed E-state index contributed by atoms with van der Waals surface area (Å²) in [6, 6.07) is 9.91. The molecule has 0 bridgehead atoms. The highest BCUT2D eigenvalue weighted by molar-refractivity contribution is 6.05. The minimum atomic E-state index is -0.178. The van der Waals surface area contributed by atoms with Gasteiger partial charge in [-0.1, -0.05) is 24.3 Å². The van der Waals surface area contributed by atoms with E-state index in [1.807, 2.05) is 30.7 Å². The third-order valence-electron chi connectivity index (χ3n) is 4.30. The van der Waals surface area contributed by atoms with Gasteiger partial charge in [-0.05, 0) is 44.9 Å². The van der Waals surface area contributed by atoms with Crippen LogP contribution in [0.2, 0.25) is 0 Å². The van der Waals surface area contributed by atoms with Crippen molar-refractivity contribution < 1.29 is 9.21 Å². The summed E-state index contributed by atoms with van der Waals surface area (Å²) >= 11 is 0. The Kier molecular flexibility index (Phi) is 4.25. The number of anilines is 1. The fraction of sp³-hybridized carbons (Fsp3) is 0.263. The predicted octanol–water partition coefficient (Wildman–Crippen LogP) is 4.01. The molecule has 24 heavy (non-hydrogen) atoms. The van der Waals surface area contributed by atoms with Crippen molar-refractivity contribution >= 4 is 11.6 Å². The summed E-state index contributed by atoms with van der Waals surface area (Å²) in [5.74, 6) is 0.429.